The summed E-state index contributed by atoms with van der Waals surface area (Å²) in [6.45, 7) is 3.44. The summed E-state index contributed by atoms with van der Waals surface area (Å²) < 4.78 is 13.0. The normalized spacial score (nSPS) is 10.3. The molecule has 3 N–H and O–H groups in total. The highest BCUT2D eigenvalue weighted by molar-refractivity contribution is 6.05. The van der Waals surface area contributed by atoms with Gasteiger partial charge in [0.25, 0.3) is 5.91 Å². The van der Waals surface area contributed by atoms with Crippen molar-refractivity contribution in [1.82, 2.24) is 10.2 Å². The van der Waals surface area contributed by atoms with Gasteiger partial charge in [-0.15, -0.1) is 0 Å². The van der Waals surface area contributed by atoms with Gasteiger partial charge in [0.15, 0.2) is 0 Å². The van der Waals surface area contributed by atoms with E-state index in [9.17, 15) is 9.18 Å². The van der Waals surface area contributed by atoms with Gasteiger partial charge in [-0.25, -0.2) is 4.39 Å². The maximum Gasteiger partial charge on any atom is 0.257 e. The Morgan fingerprint density at radius 3 is 2.68 bits per heavy atom. The number of carbonyl (C=O) groups is 1. The Hall–Kier alpha value is -2.50. The molecule has 2 aromatic rings. The van der Waals surface area contributed by atoms with Crippen LogP contribution >= 0.6 is 0 Å². The Bertz CT molecular complexity index is 643. The van der Waals surface area contributed by atoms with Crippen LogP contribution in [-0.2, 0) is 0 Å². The van der Waals surface area contributed by atoms with Crippen molar-refractivity contribution in [2.24, 2.45) is 0 Å². The van der Waals surface area contributed by atoms with Gasteiger partial charge in [0.05, 0.1) is 22.6 Å². The molecule has 19 heavy (non-hydrogen) atoms. The first-order chi connectivity index (χ1) is 8.97. The van der Waals surface area contributed by atoms with Crippen molar-refractivity contribution in [2.75, 3.05) is 11.1 Å². The molecule has 1 amide bonds. The van der Waals surface area contributed by atoms with E-state index in [1.165, 1.54) is 18.2 Å². The number of nitrogens with one attached hydrogen (secondary N) is 1. The molecule has 0 aliphatic rings. The minimum atomic E-state index is -0.518. The van der Waals surface area contributed by atoms with Gasteiger partial charge in [0.1, 0.15) is 5.82 Å². The Morgan fingerprint density at radius 1 is 1.26 bits per heavy atom. The van der Waals surface area contributed by atoms with Crippen LogP contribution in [0.15, 0.2) is 24.3 Å². The fraction of sp³-hybridized carbons (Fsp3) is 0.154. The Balaban J connectivity index is 2.25. The van der Waals surface area contributed by atoms with Crippen molar-refractivity contribution in [3.05, 3.63) is 47.0 Å². The van der Waals surface area contributed by atoms with Crippen LogP contribution in [0.2, 0.25) is 0 Å². The molecule has 0 fully saturated rings. The molecule has 1 aromatic heterocycles. The van der Waals surface area contributed by atoms with Crippen LogP contribution in [0.4, 0.5) is 15.8 Å². The van der Waals surface area contributed by atoms with E-state index in [2.05, 4.69) is 15.5 Å². The predicted octanol–water partition coefficient (Wildman–Crippen LogP) is 2.07. The standard InChI is InChI=1S/C13H13FN4O/c1-7-5-10(8(2)18-17-7)13(19)16-9-3-4-11(14)12(15)6-9/h3-6H,15H2,1-2H3,(H,16,19). The molecular weight excluding hydrogens is 247 g/mol. The quantitative estimate of drug-likeness (QED) is 0.810. The van der Waals surface area contributed by atoms with Crippen molar-refractivity contribution in [3.63, 3.8) is 0 Å². The summed E-state index contributed by atoms with van der Waals surface area (Å²) in [6, 6.07) is 5.66. The zero-order valence-corrected chi connectivity index (χ0v) is 10.6. The maximum absolute atomic E-state index is 13.0. The smallest absolute Gasteiger partial charge is 0.257 e. The molecule has 1 heterocycles. The third kappa shape index (κ3) is 2.85. The molecule has 1 aromatic carbocycles. The second-order valence-electron chi connectivity index (χ2n) is 4.18. The Labute approximate surface area is 109 Å². The molecule has 0 bridgehead atoms. The second-order valence-corrected chi connectivity index (χ2v) is 4.18. The van der Waals surface area contributed by atoms with Crippen LogP contribution in [0, 0.1) is 19.7 Å². The first-order valence-electron chi connectivity index (χ1n) is 5.64. The van der Waals surface area contributed by atoms with Crippen molar-refractivity contribution >= 4 is 17.3 Å². The highest BCUT2D eigenvalue weighted by atomic mass is 19.1. The van der Waals surface area contributed by atoms with Crippen LogP contribution in [0.1, 0.15) is 21.7 Å². The zero-order chi connectivity index (χ0) is 14.0. The molecule has 0 saturated heterocycles. The molecule has 2 rings (SSSR count). The molecule has 0 radical (unpaired) electrons. The molecule has 0 atom stereocenters. The number of aromatic nitrogens is 2. The average Bonchev–Trinajstić information content (AvgIpc) is 2.36. The SMILES string of the molecule is Cc1cc(C(=O)Nc2ccc(F)c(N)c2)c(C)nn1. The van der Waals surface area contributed by atoms with E-state index in [0.29, 0.717) is 22.6 Å². The number of aryl methyl sites for hydroxylation is 2. The first-order valence-corrected chi connectivity index (χ1v) is 5.64. The minimum Gasteiger partial charge on any atom is -0.396 e. The molecular formula is C13H13FN4O. The third-order valence-corrected chi connectivity index (χ3v) is 2.60. The minimum absolute atomic E-state index is 0.0152. The van der Waals surface area contributed by atoms with Crippen molar-refractivity contribution in [2.45, 2.75) is 13.8 Å². The monoisotopic (exact) mass is 260 g/mol. The van der Waals surface area contributed by atoms with E-state index >= 15 is 0 Å². The fourth-order valence-corrected chi connectivity index (χ4v) is 1.60. The molecule has 98 valence electrons. The lowest BCUT2D eigenvalue weighted by Crippen LogP contribution is -2.15. The summed E-state index contributed by atoms with van der Waals surface area (Å²) in [6.07, 6.45) is 0. The predicted molar refractivity (Wildman–Crippen MR) is 70.3 cm³/mol. The van der Waals surface area contributed by atoms with E-state index < -0.39 is 5.82 Å². The van der Waals surface area contributed by atoms with Gasteiger partial charge in [-0.1, -0.05) is 0 Å². The lowest BCUT2D eigenvalue weighted by atomic mass is 10.2. The highest BCUT2D eigenvalue weighted by Gasteiger charge is 2.12. The van der Waals surface area contributed by atoms with Crippen LogP contribution in [0.25, 0.3) is 0 Å². The number of nitrogen functional groups attached to an aromatic ring is 1. The van der Waals surface area contributed by atoms with Crippen LogP contribution in [0.3, 0.4) is 0 Å². The van der Waals surface area contributed by atoms with Gasteiger partial charge >= 0.3 is 0 Å². The van der Waals surface area contributed by atoms with Crippen LogP contribution in [-0.4, -0.2) is 16.1 Å². The number of amides is 1. The summed E-state index contributed by atoms with van der Waals surface area (Å²) in [5, 5.41) is 10.4. The lowest BCUT2D eigenvalue weighted by molar-refractivity contribution is 0.102. The summed E-state index contributed by atoms with van der Waals surface area (Å²) in [5.41, 5.74) is 7.45. The molecule has 0 aliphatic heterocycles. The number of halogens is 1. The van der Waals surface area contributed by atoms with Crippen molar-refractivity contribution in [1.29, 1.82) is 0 Å². The van der Waals surface area contributed by atoms with Gasteiger partial charge in [-0.05, 0) is 38.1 Å². The average molecular weight is 260 g/mol. The lowest BCUT2D eigenvalue weighted by Gasteiger charge is -2.08. The first kappa shape index (κ1) is 12.9. The fourth-order valence-electron chi connectivity index (χ4n) is 1.60. The number of hydrogen-bond acceptors (Lipinski definition) is 4. The second kappa shape index (κ2) is 5.01. The molecule has 0 aliphatic carbocycles. The zero-order valence-electron chi connectivity index (χ0n) is 10.6. The molecule has 0 saturated carbocycles. The molecule has 0 unspecified atom stereocenters. The number of carbonyl (C=O) groups excluding carboxylic acids is 1. The topological polar surface area (TPSA) is 80.9 Å². The van der Waals surface area contributed by atoms with E-state index in [1.807, 2.05) is 0 Å². The maximum atomic E-state index is 13.0. The van der Waals surface area contributed by atoms with Crippen LogP contribution < -0.4 is 11.1 Å². The number of rotatable bonds is 2. The summed E-state index contributed by atoms with van der Waals surface area (Å²) >= 11 is 0. The van der Waals surface area contributed by atoms with E-state index in [-0.39, 0.29) is 11.6 Å². The number of nitrogens with zero attached hydrogens (tertiary/aromatic N) is 2. The van der Waals surface area contributed by atoms with Crippen molar-refractivity contribution < 1.29 is 9.18 Å². The number of nitrogens with two attached hydrogens (primary N) is 1. The van der Waals surface area contributed by atoms with Gasteiger partial charge in [-0.2, -0.15) is 10.2 Å². The summed E-state index contributed by atoms with van der Waals surface area (Å²) in [7, 11) is 0. The number of anilines is 2. The van der Waals surface area contributed by atoms with E-state index in [0.717, 1.165) is 0 Å². The largest absolute Gasteiger partial charge is 0.396 e. The van der Waals surface area contributed by atoms with E-state index in [4.69, 9.17) is 5.73 Å². The van der Waals surface area contributed by atoms with Gasteiger partial charge in [0.2, 0.25) is 0 Å². The van der Waals surface area contributed by atoms with Gasteiger partial charge in [0, 0.05) is 5.69 Å². The van der Waals surface area contributed by atoms with E-state index in [1.54, 1.807) is 19.9 Å². The summed E-state index contributed by atoms with van der Waals surface area (Å²) in [5.74, 6) is -0.850. The van der Waals surface area contributed by atoms with Crippen molar-refractivity contribution in [3.8, 4) is 0 Å². The highest BCUT2D eigenvalue weighted by Crippen LogP contribution is 2.17. The molecule has 0 spiro atoms. The Morgan fingerprint density at radius 2 is 2.00 bits per heavy atom. The Kier molecular flexibility index (Phi) is 3.41. The summed E-state index contributed by atoms with van der Waals surface area (Å²) in [4.78, 5) is 12.1. The number of benzene rings is 1. The molecule has 5 nitrogen and oxygen atoms in total. The van der Waals surface area contributed by atoms with Gasteiger partial charge < -0.3 is 11.1 Å². The number of hydrogen-bond donors (Lipinski definition) is 2. The third-order valence-electron chi connectivity index (χ3n) is 2.60. The molecule has 6 heteroatoms. The van der Waals surface area contributed by atoms with Crippen LogP contribution in [0.5, 0.6) is 0 Å². The van der Waals surface area contributed by atoms with Gasteiger partial charge in [-0.3, -0.25) is 4.79 Å².